The molecule has 2 amide bonds. The molecule has 2 aromatic rings. The molecular weight excluding hydrogens is 570 g/mol. The van der Waals surface area contributed by atoms with Crippen molar-refractivity contribution < 1.29 is 14.7 Å². The molecule has 0 aromatic heterocycles. The van der Waals surface area contributed by atoms with Crippen molar-refractivity contribution in [3.63, 3.8) is 0 Å². The molecular formula is C40H55N3O3. The zero-order valence-electron chi connectivity index (χ0n) is 28.4. The third-order valence-corrected chi connectivity index (χ3v) is 15.1. The SMILES string of the molecule is C[C@]12C[C@H](N3CCN(C(=O)[C@@H]4CCCN4C(=O)c4ccc5ccccc5c4)CC3)CCC1CCC1C2CC[C@@]2(C)C1CC[C@]2(C)O. The molecule has 4 unspecified atom stereocenters. The van der Waals surface area contributed by atoms with Crippen molar-refractivity contribution in [2.24, 2.45) is 34.5 Å². The Balaban J connectivity index is 0.907. The Morgan fingerprint density at radius 2 is 1.52 bits per heavy atom. The maximum absolute atomic E-state index is 13.9. The van der Waals surface area contributed by atoms with Crippen LogP contribution in [0.2, 0.25) is 0 Å². The summed E-state index contributed by atoms with van der Waals surface area (Å²) in [6.45, 7) is 11.3. The molecule has 0 spiro atoms. The standard InChI is InChI=1S/C40H55N3O3/c1-38-26-31(14-12-30(38)13-15-32-33(38)16-18-39(2)34(32)17-19-40(39,3)46)41-21-23-42(24-22-41)37(45)35-9-6-20-43(35)36(44)29-11-10-27-7-4-5-8-28(27)25-29/h4-5,7-8,10-11,25,30-35,46H,6,9,12-24,26H2,1-3H3/t30?,31-,32?,33?,34?,35+,38+,39+,40+/m1/s1. The van der Waals surface area contributed by atoms with Crippen LogP contribution in [0.3, 0.4) is 0 Å². The third-order valence-electron chi connectivity index (χ3n) is 15.1. The van der Waals surface area contributed by atoms with Crippen molar-refractivity contribution in [3.05, 3.63) is 48.0 Å². The van der Waals surface area contributed by atoms with Gasteiger partial charge < -0.3 is 14.9 Å². The molecule has 6 heteroatoms. The first-order valence-corrected chi connectivity index (χ1v) is 18.6. The highest BCUT2D eigenvalue weighted by Gasteiger charge is 2.63. The number of nitrogens with zero attached hydrogens (tertiary/aromatic N) is 3. The quantitative estimate of drug-likeness (QED) is 0.410. The second-order valence-corrected chi connectivity index (χ2v) is 16.9. The molecule has 8 rings (SSSR count). The monoisotopic (exact) mass is 625 g/mol. The number of fused-ring (bicyclic) bond motifs is 6. The lowest BCUT2D eigenvalue weighted by molar-refractivity contribution is -0.154. The number of piperazine rings is 1. The van der Waals surface area contributed by atoms with E-state index in [1.54, 1.807) is 0 Å². The van der Waals surface area contributed by atoms with Crippen LogP contribution in [-0.2, 0) is 4.79 Å². The van der Waals surface area contributed by atoms with Gasteiger partial charge in [-0.2, -0.15) is 0 Å². The van der Waals surface area contributed by atoms with Gasteiger partial charge in [-0.25, -0.2) is 0 Å². The molecule has 0 bridgehead atoms. The smallest absolute Gasteiger partial charge is 0.254 e. The summed E-state index contributed by atoms with van der Waals surface area (Å²) < 4.78 is 0. The summed E-state index contributed by atoms with van der Waals surface area (Å²) in [6, 6.07) is 14.3. The summed E-state index contributed by atoms with van der Waals surface area (Å²) in [5.41, 5.74) is 0.648. The number of benzene rings is 2. The average molecular weight is 626 g/mol. The summed E-state index contributed by atoms with van der Waals surface area (Å²) in [7, 11) is 0. The second-order valence-electron chi connectivity index (χ2n) is 16.9. The van der Waals surface area contributed by atoms with Gasteiger partial charge in [0.15, 0.2) is 0 Å². The van der Waals surface area contributed by atoms with Gasteiger partial charge in [0.25, 0.3) is 5.91 Å². The first-order chi connectivity index (χ1) is 22.1. The lowest BCUT2D eigenvalue weighted by atomic mass is 9.44. The van der Waals surface area contributed by atoms with E-state index in [0.29, 0.717) is 29.5 Å². The van der Waals surface area contributed by atoms with Crippen molar-refractivity contribution in [2.45, 2.75) is 109 Å². The van der Waals surface area contributed by atoms with Crippen molar-refractivity contribution in [1.29, 1.82) is 0 Å². The molecule has 2 aromatic carbocycles. The Hall–Kier alpha value is -2.44. The fraction of sp³-hybridized carbons (Fsp3) is 0.700. The molecule has 9 atom stereocenters. The predicted octanol–water partition coefficient (Wildman–Crippen LogP) is 6.75. The number of aliphatic hydroxyl groups is 1. The van der Waals surface area contributed by atoms with Gasteiger partial charge in [0.2, 0.25) is 5.91 Å². The number of hydrogen-bond donors (Lipinski definition) is 1. The first kappa shape index (κ1) is 30.9. The van der Waals surface area contributed by atoms with Gasteiger partial charge in [-0.05, 0) is 135 Å². The highest BCUT2D eigenvalue weighted by Crippen LogP contribution is 2.68. The van der Waals surface area contributed by atoms with Crippen LogP contribution < -0.4 is 0 Å². The number of rotatable bonds is 3. The fourth-order valence-corrected chi connectivity index (χ4v) is 12.2. The van der Waals surface area contributed by atoms with E-state index in [4.69, 9.17) is 0 Å². The van der Waals surface area contributed by atoms with E-state index in [9.17, 15) is 14.7 Å². The van der Waals surface area contributed by atoms with Crippen molar-refractivity contribution in [1.82, 2.24) is 14.7 Å². The number of carbonyl (C=O) groups is 2. The van der Waals surface area contributed by atoms with Gasteiger partial charge >= 0.3 is 0 Å². The lowest BCUT2D eigenvalue weighted by Crippen LogP contribution is -2.60. The Kier molecular flexibility index (Phi) is 7.60. The summed E-state index contributed by atoms with van der Waals surface area (Å²) >= 11 is 0. The highest BCUT2D eigenvalue weighted by molar-refractivity contribution is 6.01. The zero-order chi connectivity index (χ0) is 31.8. The normalized spacial score (nSPS) is 41.2. The van der Waals surface area contributed by atoms with Gasteiger partial charge in [0, 0.05) is 44.3 Å². The van der Waals surface area contributed by atoms with Gasteiger partial charge in [0.05, 0.1) is 5.60 Å². The topological polar surface area (TPSA) is 64.1 Å². The van der Waals surface area contributed by atoms with E-state index in [0.717, 1.165) is 74.0 Å². The fourth-order valence-electron chi connectivity index (χ4n) is 12.2. The largest absolute Gasteiger partial charge is 0.390 e. The molecule has 1 N–H and O–H groups in total. The summed E-state index contributed by atoms with van der Waals surface area (Å²) in [6.07, 6.45) is 13.0. The Morgan fingerprint density at radius 3 is 2.33 bits per heavy atom. The minimum atomic E-state index is -0.508. The van der Waals surface area contributed by atoms with E-state index < -0.39 is 5.60 Å². The molecule has 2 saturated heterocycles. The number of likely N-dealkylation sites (tertiary alicyclic amines) is 1. The summed E-state index contributed by atoms with van der Waals surface area (Å²) in [4.78, 5) is 34.2. The van der Waals surface area contributed by atoms with E-state index >= 15 is 0 Å². The minimum Gasteiger partial charge on any atom is -0.390 e. The average Bonchev–Trinajstić information content (AvgIpc) is 3.65. The Labute approximate surface area is 275 Å². The molecule has 248 valence electrons. The van der Waals surface area contributed by atoms with Crippen LogP contribution >= 0.6 is 0 Å². The summed E-state index contributed by atoms with van der Waals surface area (Å²) in [5, 5.41) is 13.5. The molecule has 6 nitrogen and oxygen atoms in total. The maximum Gasteiger partial charge on any atom is 0.254 e. The van der Waals surface area contributed by atoms with Crippen LogP contribution in [0.4, 0.5) is 0 Å². The first-order valence-electron chi connectivity index (χ1n) is 18.6. The van der Waals surface area contributed by atoms with Gasteiger partial charge in [-0.1, -0.05) is 44.2 Å². The van der Waals surface area contributed by atoms with Crippen LogP contribution in [0.25, 0.3) is 10.8 Å². The van der Waals surface area contributed by atoms with Crippen LogP contribution in [0.15, 0.2) is 42.5 Å². The van der Waals surface area contributed by atoms with Gasteiger partial charge in [0.1, 0.15) is 6.04 Å². The van der Waals surface area contributed by atoms with Crippen molar-refractivity contribution in [3.8, 4) is 0 Å². The molecule has 4 saturated carbocycles. The van der Waals surface area contributed by atoms with E-state index in [1.807, 2.05) is 41.3 Å². The molecule has 2 heterocycles. The Bertz CT molecular complexity index is 1500. The van der Waals surface area contributed by atoms with Gasteiger partial charge in [-0.3, -0.25) is 14.5 Å². The van der Waals surface area contributed by atoms with E-state index in [2.05, 4.69) is 36.6 Å². The van der Waals surface area contributed by atoms with Crippen LogP contribution in [0.5, 0.6) is 0 Å². The van der Waals surface area contributed by atoms with E-state index in [-0.39, 0.29) is 23.3 Å². The molecule has 4 aliphatic carbocycles. The van der Waals surface area contributed by atoms with E-state index in [1.165, 1.54) is 51.4 Å². The van der Waals surface area contributed by atoms with Crippen molar-refractivity contribution in [2.75, 3.05) is 32.7 Å². The minimum absolute atomic E-state index is 0.0136. The van der Waals surface area contributed by atoms with Crippen LogP contribution in [0, 0.1) is 34.5 Å². The zero-order valence-corrected chi connectivity index (χ0v) is 28.4. The second kappa shape index (κ2) is 11.3. The molecule has 6 fully saturated rings. The van der Waals surface area contributed by atoms with Crippen LogP contribution in [0.1, 0.15) is 102 Å². The maximum atomic E-state index is 13.9. The molecule has 46 heavy (non-hydrogen) atoms. The number of hydrogen-bond acceptors (Lipinski definition) is 4. The van der Waals surface area contributed by atoms with Crippen LogP contribution in [-0.4, -0.2) is 82.0 Å². The number of carbonyl (C=O) groups excluding carboxylic acids is 2. The molecule has 2 aliphatic heterocycles. The molecule has 0 radical (unpaired) electrons. The predicted molar refractivity (Wildman–Crippen MR) is 182 cm³/mol. The number of amides is 2. The van der Waals surface area contributed by atoms with Crippen molar-refractivity contribution >= 4 is 22.6 Å². The molecule has 6 aliphatic rings. The highest BCUT2D eigenvalue weighted by atomic mass is 16.3. The third kappa shape index (κ3) is 4.78. The Morgan fingerprint density at radius 1 is 0.783 bits per heavy atom. The summed E-state index contributed by atoms with van der Waals surface area (Å²) in [5.74, 6) is 3.21. The van der Waals surface area contributed by atoms with Gasteiger partial charge in [-0.15, -0.1) is 0 Å². The lowest BCUT2D eigenvalue weighted by Gasteiger charge is -2.62.